The van der Waals surface area contributed by atoms with Crippen molar-refractivity contribution in [3.05, 3.63) is 46.0 Å². The largest absolute Gasteiger partial charge is 0.462 e. The average Bonchev–Trinajstić information content (AvgIpc) is 3.44. The maximum Gasteiger partial charge on any atom is 0.410 e. The first-order valence-corrected chi connectivity index (χ1v) is 20.6. The second-order valence-electron chi connectivity index (χ2n) is 20.1. The number of allylic oxidation sites excluding steroid dienone is 2. The molecule has 5 aliphatic carbocycles. The molecule has 8 atom stereocenters. The fraction of sp³-hybridized carbons (Fsp3) is 0.756. The number of rotatable bonds is 7. The van der Waals surface area contributed by atoms with Crippen molar-refractivity contribution in [3.8, 4) is 0 Å². The van der Waals surface area contributed by atoms with Crippen LogP contribution in [0.1, 0.15) is 146 Å². The Kier molecular flexibility index (Phi) is 10.2. The lowest BCUT2D eigenvalue weighted by Gasteiger charge is -2.72. The number of halogens is 1. The molecule has 6 nitrogen and oxygen atoms in total. The van der Waals surface area contributed by atoms with Gasteiger partial charge in [0.2, 0.25) is 0 Å². The normalized spacial score (nSPS) is 36.6. The predicted octanol–water partition coefficient (Wildman–Crippen LogP) is 11.4. The van der Waals surface area contributed by atoms with Crippen LogP contribution in [0, 0.1) is 50.7 Å². The number of esters is 1. The molecular formula is C45H66ClNO5. The Bertz CT molecular complexity index is 1610. The first-order chi connectivity index (χ1) is 24.1. The van der Waals surface area contributed by atoms with Crippen LogP contribution in [0.2, 0.25) is 5.02 Å². The van der Waals surface area contributed by atoms with Gasteiger partial charge in [0, 0.05) is 23.9 Å². The van der Waals surface area contributed by atoms with Crippen molar-refractivity contribution in [1.82, 2.24) is 4.90 Å². The Hall–Kier alpha value is -2.34. The van der Waals surface area contributed by atoms with Crippen molar-refractivity contribution in [3.63, 3.8) is 0 Å². The fourth-order valence-electron chi connectivity index (χ4n) is 13.1. The van der Waals surface area contributed by atoms with Crippen molar-refractivity contribution < 1.29 is 23.9 Å². The summed E-state index contributed by atoms with van der Waals surface area (Å²) in [6.07, 6.45) is 9.79. The second kappa shape index (κ2) is 13.4. The topological polar surface area (TPSA) is 72.9 Å². The Morgan fingerprint density at radius 2 is 1.54 bits per heavy atom. The summed E-state index contributed by atoms with van der Waals surface area (Å²) in [4.78, 5) is 42.6. The molecule has 0 bridgehead atoms. The number of carbonyl (C=O) groups excluding carboxylic acids is 3. The number of ketones is 1. The molecule has 4 fully saturated rings. The van der Waals surface area contributed by atoms with Crippen molar-refractivity contribution in [2.75, 3.05) is 6.54 Å². The third-order valence-electron chi connectivity index (χ3n) is 15.7. The minimum atomic E-state index is -0.675. The first kappa shape index (κ1) is 39.4. The van der Waals surface area contributed by atoms with Crippen LogP contribution >= 0.6 is 11.6 Å². The van der Waals surface area contributed by atoms with E-state index in [1.807, 2.05) is 45.0 Å². The molecule has 8 unspecified atom stereocenters. The molecule has 0 N–H and O–H groups in total. The number of ether oxygens (including phenoxy) is 2. The first-order valence-electron chi connectivity index (χ1n) is 20.3. The van der Waals surface area contributed by atoms with Gasteiger partial charge in [-0.05, 0) is 143 Å². The molecule has 0 aromatic heterocycles. The molecule has 0 saturated heterocycles. The summed E-state index contributed by atoms with van der Waals surface area (Å²) in [5.74, 6) is 1.81. The SMILES string of the molecule is CC(=O)OC1CCC2(C)C(CCC3(C)C2CCC2C4=C(C(C)C)CCC4(C(=O)CN(Cc4ccc(Cl)cc4)C(=O)OC(C)(C)C)CCC23C)C1(C)C. The highest BCUT2D eigenvalue weighted by atomic mass is 35.5. The molecule has 7 heteroatoms. The van der Waals surface area contributed by atoms with E-state index in [1.54, 1.807) is 11.8 Å². The molecule has 6 rings (SSSR count). The minimum absolute atomic E-state index is 0.0298. The molecule has 0 aliphatic heterocycles. The van der Waals surface area contributed by atoms with Gasteiger partial charge >= 0.3 is 12.1 Å². The average molecular weight is 736 g/mol. The third kappa shape index (κ3) is 6.37. The lowest BCUT2D eigenvalue weighted by Crippen LogP contribution is -2.66. The zero-order valence-electron chi connectivity index (χ0n) is 34.0. The van der Waals surface area contributed by atoms with Crippen LogP contribution in [0.3, 0.4) is 0 Å². The molecule has 5 aliphatic rings. The number of nitrogens with zero attached hydrogens (tertiary/aromatic N) is 1. The van der Waals surface area contributed by atoms with E-state index in [2.05, 4.69) is 48.5 Å². The maximum absolute atomic E-state index is 15.1. The van der Waals surface area contributed by atoms with Gasteiger partial charge in [0.1, 0.15) is 11.7 Å². The molecule has 0 radical (unpaired) electrons. The van der Waals surface area contributed by atoms with Crippen LogP contribution in [0.25, 0.3) is 0 Å². The van der Waals surface area contributed by atoms with Gasteiger partial charge < -0.3 is 9.47 Å². The predicted molar refractivity (Wildman–Crippen MR) is 208 cm³/mol. The van der Waals surface area contributed by atoms with E-state index >= 15 is 4.79 Å². The molecule has 52 heavy (non-hydrogen) atoms. The number of carbonyl (C=O) groups is 3. The van der Waals surface area contributed by atoms with Gasteiger partial charge in [0.05, 0.1) is 12.0 Å². The smallest absolute Gasteiger partial charge is 0.410 e. The van der Waals surface area contributed by atoms with Crippen LogP contribution in [-0.2, 0) is 25.6 Å². The van der Waals surface area contributed by atoms with Gasteiger partial charge in [0.25, 0.3) is 0 Å². The lowest BCUT2D eigenvalue weighted by atomic mass is 9.33. The molecule has 288 valence electrons. The molecule has 1 amide bonds. The fourth-order valence-corrected chi connectivity index (χ4v) is 13.3. The monoisotopic (exact) mass is 735 g/mol. The summed E-state index contributed by atoms with van der Waals surface area (Å²) in [5, 5.41) is 0.638. The Morgan fingerprint density at radius 1 is 0.865 bits per heavy atom. The molecule has 4 saturated carbocycles. The summed E-state index contributed by atoms with van der Waals surface area (Å²) in [7, 11) is 0. The van der Waals surface area contributed by atoms with Gasteiger partial charge in [-0.15, -0.1) is 0 Å². The Labute approximate surface area is 319 Å². The van der Waals surface area contributed by atoms with Crippen LogP contribution in [0.15, 0.2) is 35.4 Å². The highest BCUT2D eigenvalue weighted by molar-refractivity contribution is 6.30. The van der Waals surface area contributed by atoms with Gasteiger partial charge in [-0.2, -0.15) is 0 Å². The summed E-state index contributed by atoms with van der Waals surface area (Å²) in [6.45, 7) is 24.6. The maximum atomic E-state index is 15.1. The van der Waals surface area contributed by atoms with Crippen LogP contribution in [0.4, 0.5) is 4.79 Å². The number of fused-ring (bicyclic) bond motifs is 7. The van der Waals surface area contributed by atoms with Crippen LogP contribution in [-0.4, -0.2) is 41.0 Å². The van der Waals surface area contributed by atoms with Crippen molar-refractivity contribution >= 4 is 29.4 Å². The van der Waals surface area contributed by atoms with Gasteiger partial charge in [-0.1, -0.05) is 83.3 Å². The summed E-state index contributed by atoms with van der Waals surface area (Å²) in [5.41, 5.74) is 2.95. The summed E-state index contributed by atoms with van der Waals surface area (Å²) < 4.78 is 11.9. The van der Waals surface area contributed by atoms with Gasteiger partial charge in [0.15, 0.2) is 5.78 Å². The highest BCUT2D eigenvalue weighted by Gasteiger charge is 2.70. The Morgan fingerprint density at radius 3 is 2.15 bits per heavy atom. The van der Waals surface area contributed by atoms with E-state index in [-0.39, 0.29) is 46.1 Å². The van der Waals surface area contributed by atoms with E-state index in [9.17, 15) is 9.59 Å². The summed E-state index contributed by atoms with van der Waals surface area (Å²) in [6, 6.07) is 7.50. The molecule has 1 aromatic rings. The van der Waals surface area contributed by atoms with E-state index < -0.39 is 17.1 Å². The van der Waals surface area contributed by atoms with Crippen molar-refractivity contribution in [2.45, 2.75) is 159 Å². The number of amides is 1. The van der Waals surface area contributed by atoms with Gasteiger partial charge in [-0.25, -0.2) is 4.79 Å². The lowest BCUT2D eigenvalue weighted by molar-refractivity contribution is -0.232. The second-order valence-corrected chi connectivity index (χ2v) is 20.6. The number of hydrogen-bond donors (Lipinski definition) is 0. The van der Waals surface area contributed by atoms with Gasteiger partial charge in [-0.3, -0.25) is 14.5 Å². The standard InChI is InChI=1S/C45H66ClNO5/c1-28(2)32-18-23-45(36(49)27-47(39(50)52-40(4,5)6)26-30-12-14-31(46)15-13-30)25-24-43(10)33(38(32)45)16-17-35-42(9)21-20-37(51-29(3)48)41(7,8)34(42)19-22-44(35,43)11/h12-15,28,33-35,37H,16-27H2,1-11H3. The van der Waals surface area contributed by atoms with Crippen LogP contribution in [0.5, 0.6) is 0 Å². The van der Waals surface area contributed by atoms with E-state index in [0.29, 0.717) is 35.2 Å². The number of Topliss-reactive ketones (excluding diaryl/α,β-unsaturated/α-hetero) is 1. The molecule has 0 spiro atoms. The van der Waals surface area contributed by atoms with E-state index in [0.717, 1.165) is 63.4 Å². The molecule has 0 heterocycles. The quantitative estimate of drug-likeness (QED) is 0.206. The Balaban J connectivity index is 1.33. The summed E-state index contributed by atoms with van der Waals surface area (Å²) >= 11 is 6.20. The number of benzene rings is 1. The van der Waals surface area contributed by atoms with Crippen molar-refractivity contribution in [2.24, 2.45) is 50.7 Å². The molecular weight excluding hydrogens is 670 g/mol. The van der Waals surface area contributed by atoms with Crippen LogP contribution < -0.4 is 0 Å². The highest BCUT2D eigenvalue weighted by Crippen LogP contribution is 2.77. The van der Waals surface area contributed by atoms with Crippen molar-refractivity contribution in [1.29, 1.82) is 0 Å². The zero-order valence-corrected chi connectivity index (χ0v) is 34.8. The zero-order chi connectivity index (χ0) is 38.2. The third-order valence-corrected chi connectivity index (χ3v) is 16.0. The van der Waals surface area contributed by atoms with E-state index in [4.69, 9.17) is 21.1 Å². The minimum Gasteiger partial charge on any atom is -0.462 e. The van der Waals surface area contributed by atoms with E-state index in [1.165, 1.54) is 17.6 Å². The number of hydrogen-bond acceptors (Lipinski definition) is 5. The molecule has 1 aromatic carbocycles.